The highest BCUT2D eigenvalue weighted by Gasteiger charge is 2.17. The molecule has 0 bridgehead atoms. The highest BCUT2D eigenvalue weighted by molar-refractivity contribution is 14.1. The molecule has 20 nitrogen and oxygen atoms in total. The molecule has 0 aliphatic carbocycles. The van der Waals surface area contributed by atoms with Crippen LogP contribution in [0, 0.1) is 27.4 Å². The molecule has 0 saturated heterocycles. The number of nitrogens with two attached hydrogens (primary N) is 3. The molecule has 4 atom stereocenters. The summed E-state index contributed by atoms with van der Waals surface area (Å²) in [5.41, 5.74) is 32.7. The van der Waals surface area contributed by atoms with E-state index in [1.54, 1.807) is 30.3 Å². The topological polar surface area (TPSA) is 312 Å². The number of alkyl halides is 6. The molecule has 0 unspecified atom stereocenters. The van der Waals surface area contributed by atoms with Crippen molar-refractivity contribution in [3.05, 3.63) is 193 Å². The van der Waals surface area contributed by atoms with Gasteiger partial charge in [-0.15, -0.1) is 58.0 Å². The number of carbonyl (C=O) groups excluding carboxylic acids is 4. The molecule has 108 heavy (non-hydrogen) atoms. The van der Waals surface area contributed by atoms with Crippen molar-refractivity contribution in [1.29, 1.82) is 0 Å². The molecule has 31 heteroatoms. The number of benzene rings is 6. The number of nitrogens with zero attached hydrogens (tertiary/aromatic N) is 4. The fourth-order valence-electron chi connectivity index (χ4n) is 10.2. The molecular formula is C77H110B3Cl5I3N10O10. The van der Waals surface area contributed by atoms with Crippen molar-refractivity contribution in [2.75, 3.05) is 81.3 Å². The Bertz CT molecular complexity index is 3470. The van der Waals surface area contributed by atoms with E-state index in [2.05, 4.69) is 190 Å². The standard InChI is InChI=1S/C17H26BCl2N2O.C16H24Cl2N2O2.C13H20BN2O.C8H8INO2.C8H10IN.C8H9NO2.C5H10BINO.C2H3ClO/c1-3-14-5-6-17(22(9-7-19)10-8-20)12-15(14)11-16(4-2)21-18-13-23;1-2-12-3-4-15(20(7-5-17)8-6-18)10-13(12)9-14(19)11-16(21)22;1-3-10-5-6-12(15)7-11(10)8-13(4-2)16-14-9-17;1-2-6-3-4-7(10(11)12)5-8(6)9;1-2-6-3-4-7(10)5-8(6)9;1-2-7-3-5-8(6-4-7)9(10)11;1-2-5(3-7)8-6-4-9;3-1-2-4/h5-6,12-13,16,21H,3-4,7-11H2,1-2H3;3-4,10,14H,2,5-9,11,19H2,1H3,(H,21,22);5-7,9,13,16H,3-4,8,15H2,1-2H3;3-5H,2H2,1H3;3-5H,2,10H2,1H3;3-6H,2H2,1H3;4-5,8H,2-3H2,1H3;2H,1H2/t16-;14-;13-;;;;5-;/m101...1./s1. The van der Waals surface area contributed by atoms with Gasteiger partial charge in [-0.3, -0.25) is 25.0 Å². The van der Waals surface area contributed by atoms with Crippen LogP contribution in [0.3, 0.4) is 0 Å². The van der Waals surface area contributed by atoms with Crippen LogP contribution in [0.2, 0.25) is 0 Å². The monoisotopic (exact) mass is 1920 g/mol. The molecule has 0 saturated carbocycles. The maximum absolute atomic E-state index is 10.8. The molecule has 3 radical (unpaired) electrons. The third-order valence-corrected chi connectivity index (χ3v) is 20.2. The first-order valence-electron chi connectivity index (χ1n) is 36.0. The normalized spacial score (nSPS) is 11.2. The van der Waals surface area contributed by atoms with Crippen molar-refractivity contribution in [3.8, 4) is 0 Å². The second-order valence-corrected chi connectivity index (χ2v) is 28.8. The molecule has 0 fully saturated rings. The average molecular weight is 1930 g/mol. The first-order chi connectivity index (χ1) is 51.8. The summed E-state index contributed by atoms with van der Waals surface area (Å²) < 4.78 is 3.27. The Morgan fingerprint density at radius 3 is 1.16 bits per heavy atom. The van der Waals surface area contributed by atoms with Crippen LogP contribution in [0.15, 0.2) is 115 Å². The summed E-state index contributed by atoms with van der Waals surface area (Å²) >= 11 is 35.1. The van der Waals surface area contributed by atoms with Gasteiger partial charge in [-0.25, -0.2) is 0 Å². The number of carboxylic acid groups (broad SMARTS) is 1. The molecule has 0 spiro atoms. The molecule has 0 aliphatic heterocycles. The minimum atomic E-state index is -0.868. The Morgan fingerprint density at radius 2 is 0.833 bits per heavy atom. The van der Waals surface area contributed by atoms with Crippen LogP contribution in [0.1, 0.15) is 138 Å². The van der Waals surface area contributed by atoms with Crippen LogP contribution in [0.5, 0.6) is 0 Å². The number of carboxylic acids is 1. The molecule has 0 heterocycles. The number of aryl methyl sites for hydroxylation is 6. The zero-order valence-electron chi connectivity index (χ0n) is 63.8. The Morgan fingerprint density at radius 1 is 0.491 bits per heavy atom. The second-order valence-electron chi connectivity index (χ2n) is 23.8. The predicted molar refractivity (Wildman–Crippen MR) is 486 cm³/mol. The van der Waals surface area contributed by atoms with Gasteiger partial charge in [-0.05, 0) is 221 Å². The van der Waals surface area contributed by atoms with Crippen LogP contribution in [0.25, 0.3) is 0 Å². The van der Waals surface area contributed by atoms with Gasteiger partial charge >= 0.3 is 5.97 Å². The lowest BCUT2D eigenvalue weighted by molar-refractivity contribution is -0.385. The smallest absolute Gasteiger partial charge is 0.304 e. The van der Waals surface area contributed by atoms with Gasteiger partial charge in [0.25, 0.3) is 33.6 Å². The number of nitro groups is 2. The summed E-state index contributed by atoms with van der Waals surface area (Å²) in [4.78, 5) is 74.6. The minimum Gasteiger partial charge on any atom is -0.481 e. The molecule has 6 aromatic carbocycles. The number of nitrogen functional groups attached to an aromatic ring is 2. The minimum absolute atomic E-state index is 0.0273. The summed E-state index contributed by atoms with van der Waals surface area (Å²) in [5, 5.41) is 38.7. The van der Waals surface area contributed by atoms with E-state index in [1.807, 2.05) is 38.1 Å². The number of hydrogen-bond donors (Lipinski definition) is 7. The van der Waals surface area contributed by atoms with Gasteiger partial charge in [-0.1, -0.05) is 127 Å². The zero-order valence-corrected chi connectivity index (χ0v) is 74.0. The maximum atomic E-state index is 10.8. The zero-order chi connectivity index (χ0) is 81.8. The number of carbonyl (C=O) groups is 5. The van der Waals surface area contributed by atoms with Crippen molar-refractivity contribution in [2.24, 2.45) is 5.73 Å². The largest absolute Gasteiger partial charge is 0.481 e. The Kier molecular flexibility index (Phi) is 65.0. The van der Waals surface area contributed by atoms with Gasteiger partial charge in [0, 0.05) is 132 Å². The summed E-state index contributed by atoms with van der Waals surface area (Å²) in [5.74, 6) is 1.46. The summed E-state index contributed by atoms with van der Waals surface area (Å²) in [6.07, 6.45) is 14.1. The van der Waals surface area contributed by atoms with E-state index in [1.165, 1.54) is 71.3 Å². The SMILES string of the molecule is CC[C@H](CI)N[B]C=O.CCc1ccc(N(CCCl)CCCl)cc1C[C@@H](CC)N[B]C=O.CCc1ccc(N(CCCl)CCCl)cc1C[C@H](N)CC(=O)O.CCc1ccc(N)cc1C[C@@H](CC)N[B]C=O.CCc1ccc(N)cc1I.CCc1ccc([N+](=O)[O-])cc1.CCc1ccc([N+](=O)[O-])cc1I.O=CCCl. The maximum Gasteiger partial charge on any atom is 0.304 e. The van der Waals surface area contributed by atoms with Crippen molar-refractivity contribution in [2.45, 2.75) is 170 Å². The lowest BCUT2D eigenvalue weighted by atomic mass is 9.91. The van der Waals surface area contributed by atoms with Crippen LogP contribution in [-0.4, -0.2) is 152 Å². The van der Waals surface area contributed by atoms with Crippen molar-refractivity contribution < 1.29 is 38.9 Å². The lowest BCUT2D eigenvalue weighted by Crippen LogP contribution is -2.34. The molecule has 0 aromatic heterocycles. The second kappa shape index (κ2) is 66.7. The Labute approximate surface area is 710 Å². The fourth-order valence-corrected chi connectivity index (χ4v) is 13.7. The van der Waals surface area contributed by atoms with Crippen LogP contribution >= 0.6 is 126 Å². The first kappa shape index (κ1) is 105. The third-order valence-electron chi connectivity index (χ3n) is 16.3. The van der Waals surface area contributed by atoms with E-state index in [0.29, 0.717) is 42.3 Å². The van der Waals surface area contributed by atoms with Crippen molar-refractivity contribution >= 4 is 213 Å². The number of aldehydes is 1. The molecule has 6 aromatic rings. The van der Waals surface area contributed by atoms with E-state index in [4.69, 9.17) is 85.1 Å². The molecular weight excluding hydrogens is 1820 g/mol. The summed E-state index contributed by atoms with van der Waals surface area (Å²) in [6.45, 7) is 21.9. The molecule has 593 valence electrons. The number of rotatable bonds is 40. The van der Waals surface area contributed by atoms with Crippen LogP contribution in [0.4, 0.5) is 34.1 Å². The van der Waals surface area contributed by atoms with Crippen LogP contribution in [-0.2, 0) is 81.8 Å². The van der Waals surface area contributed by atoms with Gasteiger partial charge in [0.15, 0.2) is 0 Å². The quantitative estimate of drug-likeness (QED) is 0.00357. The van der Waals surface area contributed by atoms with Gasteiger partial charge in [-0.2, -0.15) is 0 Å². The summed E-state index contributed by atoms with van der Waals surface area (Å²) in [6, 6.07) is 37.0. The molecule has 10 N–H and O–H groups in total. The third kappa shape index (κ3) is 46.9. The first-order valence-corrected chi connectivity index (χ1v) is 42.3. The number of anilines is 4. The highest BCUT2D eigenvalue weighted by atomic mass is 127. The lowest BCUT2D eigenvalue weighted by Gasteiger charge is -2.25. The Balaban J connectivity index is 0. The molecule has 0 amide bonds. The van der Waals surface area contributed by atoms with E-state index >= 15 is 0 Å². The number of nitrogens with one attached hydrogen (secondary N) is 3. The van der Waals surface area contributed by atoms with E-state index in [9.17, 15) is 39.4 Å². The van der Waals surface area contributed by atoms with Gasteiger partial charge in [0.2, 0.25) is 0 Å². The average Bonchev–Trinajstić information content (AvgIpc) is 0.846. The van der Waals surface area contributed by atoms with Crippen molar-refractivity contribution in [1.82, 2.24) is 15.7 Å². The highest BCUT2D eigenvalue weighted by Crippen LogP contribution is 2.26. The number of halogens is 8. The van der Waals surface area contributed by atoms with Gasteiger partial charge in [0.1, 0.15) is 6.29 Å². The van der Waals surface area contributed by atoms with Gasteiger partial charge < -0.3 is 67.0 Å². The van der Waals surface area contributed by atoms with E-state index in [-0.39, 0.29) is 51.6 Å². The number of non-ortho nitro benzene ring substituents is 2. The van der Waals surface area contributed by atoms with Crippen LogP contribution < -0.4 is 42.7 Å². The Hall–Kier alpha value is -4.86. The summed E-state index contributed by atoms with van der Waals surface area (Å²) in [7, 11) is 4.40. The van der Waals surface area contributed by atoms with Crippen molar-refractivity contribution in [3.63, 3.8) is 0 Å². The number of hydrogen-bond acceptors (Lipinski definition) is 17. The number of nitro benzene ring substituents is 2. The van der Waals surface area contributed by atoms with Gasteiger partial charge in [0.05, 0.1) is 40.7 Å². The molecule has 0 aliphatic rings. The molecule has 6 rings (SSSR count). The predicted octanol–water partition coefficient (Wildman–Crippen LogP) is 16.1. The van der Waals surface area contributed by atoms with E-state index < -0.39 is 5.97 Å². The number of aliphatic carboxylic acids is 1. The van der Waals surface area contributed by atoms with E-state index in [0.717, 1.165) is 163 Å². The fraction of sp³-hybridized carbons (Fsp3) is 0.468.